The minimum absolute atomic E-state index is 0. The molecule has 3 nitrogen and oxygen atoms in total. The van der Waals surface area contributed by atoms with E-state index in [4.69, 9.17) is 16.6 Å². The molecule has 0 aromatic heterocycles. The monoisotopic (exact) mass is 232 g/mol. The molecule has 0 aliphatic rings. The fourth-order valence-corrected chi connectivity index (χ4v) is 0.963. The van der Waals surface area contributed by atoms with E-state index in [9.17, 15) is 0 Å². The van der Waals surface area contributed by atoms with Crippen molar-refractivity contribution in [2.75, 3.05) is 18.1 Å². The molecule has 0 amide bonds. The standard InChI is InChI=1S/C8H12N2O.BrH/c9-7-1-2-8(10)6(5-7)3-4-11;/h1-2,5,11H,3-4,9-10H2;1H. The molecule has 0 heterocycles. The summed E-state index contributed by atoms with van der Waals surface area (Å²) in [5, 5.41) is 8.64. The summed E-state index contributed by atoms with van der Waals surface area (Å²) in [5.74, 6) is 0. The average molecular weight is 233 g/mol. The molecule has 0 radical (unpaired) electrons. The van der Waals surface area contributed by atoms with Gasteiger partial charge in [-0.2, -0.15) is 0 Å². The Morgan fingerprint density at radius 3 is 2.50 bits per heavy atom. The van der Waals surface area contributed by atoms with Crippen LogP contribution >= 0.6 is 17.0 Å². The average Bonchev–Trinajstić information content (AvgIpc) is 1.98. The molecule has 1 aromatic rings. The molecule has 0 atom stereocenters. The second kappa shape index (κ2) is 5.00. The zero-order chi connectivity index (χ0) is 8.27. The number of hydrogen-bond acceptors (Lipinski definition) is 3. The van der Waals surface area contributed by atoms with Crippen molar-refractivity contribution >= 4 is 28.4 Å². The Morgan fingerprint density at radius 2 is 1.92 bits per heavy atom. The smallest absolute Gasteiger partial charge is 0.0472 e. The molecule has 4 heteroatoms. The molecule has 0 fully saturated rings. The summed E-state index contributed by atoms with van der Waals surface area (Å²) in [4.78, 5) is 0. The van der Waals surface area contributed by atoms with E-state index >= 15 is 0 Å². The van der Waals surface area contributed by atoms with Crippen molar-refractivity contribution in [1.29, 1.82) is 0 Å². The van der Waals surface area contributed by atoms with E-state index in [0.29, 0.717) is 17.8 Å². The van der Waals surface area contributed by atoms with Crippen LogP contribution in [0.5, 0.6) is 0 Å². The van der Waals surface area contributed by atoms with Crippen LogP contribution in [0.2, 0.25) is 0 Å². The van der Waals surface area contributed by atoms with E-state index in [2.05, 4.69) is 0 Å². The van der Waals surface area contributed by atoms with Crippen LogP contribution in [0.3, 0.4) is 0 Å². The lowest BCUT2D eigenvalue weighted by molar-refractivity contribution is 0.300. The molecule has 1 rings (SSSR count). The van der Waals surface area contributed by atoms with Crippen LogP contribution in [-0.4, -0.2) is 11.7 Å². The molecule has 1 aromatic carbocycles. The predicted molar refractivity (Wildman–Crippen MR) is 56.4 cm³/mol. The second-order valence-corrected chi connectivity index (χ2v) is 2.43. The van der Waals surface area contributed by atoms with Gasteiger partial charge < -0.3 is 16.6 Å². The fourth-order valence-electron chi connectivity index (χ4n) is 0.963. The highest BCUT2D eigenvalue weighted by Crippen LogP contribution is 2.15. The van der Waals surface area contributed by atoms with E-state index in [1.807, 2.05) is 0 Å². The van der Waals surface area contributed by atoms with E-state index in [1.54, 1.807) is 18.2 Å². The van der Waals surface area contributed by atoms with Crippen molar-refractivity contribution in [3.63, 3.8) is 0 Å². The summed E-state index contributed by atoms with van der Waals surface area (Å²) < 4.78 is 0. The van der Waals surface area contributed by atoms with Crippen LogP contribution in [0.1, 0.15) is 5.56 Å². The predicted octanol–water partition coefficient (Wildman–Crippen LogP) is 0.964. The third kappa shape index (κ3) is 2.71. The van der Waals surface area contributed by atoms with E-state index in [-0.39, 0.29) is 23.6 Å². The van der Waals surface area contributed by atoms with Crippen molar-refractivity contribution in [3.05, 3.63) is 23.8 Å². The third-order valence-corrected chi connectivity index (χ3v) is 1.55. The highest BCUT2D eigenvalue weighted by molar-refractivity contribution is 8.93. The number of aliphatic hydroxyl groups is 1. The fraction of sp³-hybridized carbons (Fsp3) is 0.250. The van der Waals surface area contributed by atoms with Crippen molar-refractivity contribution in [2.45, 2.75) is 6.42 Å². The molecular formula is C8H13BrN2O. The lowest BCUT2D eigenvalue weighted by Crippen LogP contribution is -1.98. The Kier molecular flexibility index (Phi) is 4.70. The Bertz CT molecular complexity index is 253. The molecular weight excluding hydrogens is 220 g/mol. The molecule has 0 spiro atoms. The number of halogens is 1. The zero-order valence-corrected chi connectivity index (χ0v) is 8.37. The minimum Gasteiger partial charge on any atom is -0.399 e. The van der Waals surface area contributed by atoms with Gasteiger partial charge in [0.25, 0.3) is 0 Å². The normalized spacial score (nSPS) is 9.08. The Hall–Kier alpha value is -0.740. The van der Waals surface area contributed by atoms with Gasteiger partial charge >= 0.3 is 0 Å². The number of nitrogen functional groups attached to an aromatic ring is 2. The molecule has 0 unspecified atom stereocenters. The van der Waals surface area contributed by atoms with Crippen molar-refractivity contribution in [2.24, 2.45) is 0 Å². The minimum atomic E-state index is 0. The highest BCUT2D eigenvalue weighted by Gasteiger charge is 1.97. The van der Waals surface area contributed by atoms with Gasteiger partial charge in [-0.3, -0.25) is 0 Å². The van der Waals surface area contributed by atoms with Gasteiger partial charge in [-0.1, -0.05) is 0 Å². The number of aliphatic hydroxyl groups excluding tert-OH is 1. The summed E-state index contributed by atoms with van der Waals surface area (Å²) in [6, 6.07) is 5.28. The van der Waals surface area contributed by atoms with E-state index in [1.165, 1.54) is 0 Å². The summed E-state index contributed by atoms with van der Waals surface area (Å²) >= 11 is 0. The molecule has 0 saturated heterocycles. The molecule has 68 valence electrons. The maximum atomic E-state index is 8.64. The quantitative estimate of drug-likeness (QED) is 0.666. The maximum Gasteiger partial charge on any atom is 0.0472 e. The van der Waals surface area contributed by atoms with Gasteiger partial charge in [0.15, 0.2) is 0 Å². The Labute approximate surface area is 82.1 Å². The van der Waals surface area contributed by atoms with Crippen LogP contribution in [0.25, 0.3) is 0 Å². The van der Waals surface area contributed by atoms with Crippen molar-refractivity contribution < 1.29 is 5.11 Å². The molecule has 0 aliphatic carbocycles. The number of hydrogen-bond donors (Lipinski definition) is 3. The number of benzene rings is 1. The van der Waals surface area contributed by atoms with Gasteiger partial charge in [0, 0.05) is 18.0 Å². The van der Waals surface area contributed by atoms with Crippen LogP contribution in [0.15, 0.2) is 18.2 Å². The van der Waals surface area contributed by atoms with Gasteiger partial charge in [0.2, 0.25) is 0 Å². The van der Waals surface area contributed by atoms with Gasteiger partial charge in [-0.05, 0) is 30.2 Å². The summed E-state index contributed by atoms with van der Waals surface area (Å²) in [5.41, 5.74) is 13.4. The van der Waals surface area contributed by atoms with E-state index < -0.39 is 0 Å². The number of rotatable bonds is 2. The number of anilines is 2. The van der Waals surface area contributed by atoms with Crippen LogP contribution in [0, 0.1) is 0 Å². The maximum absolute atomic E-state index is 8.64. The van der Waals surface area contributed by atoms with Crippen molar-refractivity contribution in [1.82, 2.24) is 0 Å². The molecule has 12 heavy (non-hydrogen) atoms. The van der Waals surface area contributed by atoms with E-state index in [0.717, 1.165) is 5.56 Å². The molecule has 0 aliphatic heterocycles. The number of nitrogens with two attached hydrogens (primary N) is 2. The molecule has 0 saturated carbocycles. The van der Waals surface area contributed by atoms with Crippen molar-refractivity contribution in [3.8, 4) is 0 Å². The topological polar surface area (TPSA) is 72.3 Å². The van der Waals surface area contributed by atoms with Gasteiger partial charge in [-0.25, -0.2) is 0 Å². The lowest BCUT2D eigenvalue weighted by Gasteiger charge is -2.03. The first kappa shape index (κ1) is 11.3. The third-order valence-electron chi connectivity index (χ3n) is 1.55. The van der Waals surface area contributed by atoms with Crippen LogP contribution in [-0.2, 0) is 6.42 Å². The highest BCUT2D eigenvalue weighted by atomic mass is 79.9. The van der Waals surface area contributed by atoms with Gasteiger partial charge in [-0.15, -0.1) is 17.0 Å². The van der Waals surface area contributed by atoms with Gasteiger partial charge in [0.1, 0.15) is 0 Å². The largest absolute Gasteiger partial charge is 0.399 e. The van der Waals surface area contributed by atoms with Crippen LogP contribution < -0.4 is 11.5 Å². The Morgan fingerprint density at radius 1 is 1.25 bits per heavy atom. The SMILES string of the molecule is Br.Nc1ccc(N)c(CCO)c1. The molecule has 5 N–H and O–H groups in total. The Balaban J connectivity index is 0.00000121. The van der Waals surface area contributed by atoms with Gasteiger partial charge in [0.05, 0.1) is 0 Å². The lowest BCUT2D eigenvalue weighted by atomic mass is 10.1. The summed E-state index contributed by atoms with van der Waals surface area (Å²) in [7, 11) is 0. The summed E-state index contributed by atoms with van der Waals surface area (Å²) in [6.45, 7) is 0.105. The zero-order valence-electron chi connectivity index (χ0n) is 6.66. The second-order valence-electron chi connectivity index (χ2n) is 2.43. The first-order valence-electron chi connectivity index (χ1n) is 3.49. The van der Waals surface area contributed by atoms with Crippen LogP contribution in [0.4, 0.5) is 11.4 Å². The molecule has 0 bridgehead atoms. The first-order chi connectivity index (χ1) is 5.24. The first-order valence-corrected chi connectivity index (χ1v) is 3.49. The summed E-state index contributed by atoms with van der Waals surface area (Å²) in [6.07, 6.45) is 0.566.